The minimum Gasteiger partial charge on any atom is -0.380 e. The van der Waals surface area contributed by atoms with Crippen LogP contribution in [-0.2, 0) is 4.74 Å². The third-order valence-electron chi connectivity index (χ3n) is 3.50. The molecule has 2 fully saturated rings. The third kappa shape index (κ3) is 1.34. The summed E-state index contributed by atoms with van der Waals surface area (Å²) in [6, 6.07) is 4.02. The minimum absolute atomic E-state index is 0.419. The average molecular weight is 295 g/mol. The quantitative estimate of drug-likeness (QED) is 0.796. The Balaban J connectivity index is 1.65. The van der Waals surface area contributed by atoms with Gasteiger partial charge < -0.3 is 9.64 Å². The van der Waals surface area contributed by atoms with Crippen molar-refractivity contribution in [2.24, 2.45) is 5.41 Å². The number of rotatable bonds is 1. The molecule has 2 saturated heterocycles. The summed E-state index contributed by atoms with van der Waals surface area (Å²) < 4.78 is 7.97. The van der Waals surface area contributed by atoms with Crippen molar-refractivity contribution in [3.05, 3.63) is 22.9 Å². The normalized spacial score (nSPS) is 21.6. The number of anilines is 1. The molecule has 0 radical (unpaired) electrons. The second-order valence-corrected chi connectivity index (χ2v) is 5.70. The summed E-state index contributed by atoms with van der Waals surface area (Å²) in [4.78, 5) is 6.52. The molecule has 2 aromatic heterocycles. The fourth-order valence-electron chi connectivity index (χ4n) is 2.50. The molecule has 4 rings (SSSR count). The molecule has 1 spiro atoms. The summed E-state index contributed by atoms with van der Waals surface area (Å²) in [5.74, 6) is 1.01. The first-order valence-electron chi connectivity index (χ1n) is 5.59. The predicted molar refractivity (Wildman–Crippen MR) is 66.2 cm³/mol. The Bertz CT molecular complexity index is 584. The van der Waals surface area contributed by atoms with E-state index in [-0.39, 0.29) is 0 Å². The highest BCUT2D eigenvalue weighted by Crippen LogP contribution is 2.39. The first-order valence-corrected chi connectivity index (χ1v) is 6.38. The molecule has 17 heavy (non-hydrogen) atoms. The van der Waals surface area contributed by atoms with E-state index in [9.17, 15) is 0 Å². The van der Waals surface area contributed by atoms with Crippen LogP contribution in [0.15, 0.2) is 22.9 Å². The lowest BCUT2D eigenvalue weighted by atomic mass is 9.78. The van der Waals surface area contributed by atoms with Crippen LogP contribution in [0.1, 0.15) is 0 Å². The Labute approximate surface area is 107 Å². The summed E-state index contributed by atoms with van der Waals surface area (Å²) in [6.45, 7) is 3.91. The van der Waals surface area contributed by atoms with E-state index < -0.39 is 0 Å². The second kappa shape index (κ2) is 3.20. The van der Waals surface area contributed by atoms with Crippen LogP contribution >= 0.6 is 15.9 Å². The third-order valence-corrected chi connectivity index (χ3v) is 4.04. The van der Waals surface area contributed by atoms with Crippen LogP contribution in [0, 0.1) is 5.41 Å². The van der Waals surface area contributed by atoms with Gasteiger partial charge in [0.2, 0.25) is 0 Å². The summed E-state index contributed by atoms with van der Waals surface area (Å²) >= 11 is 3.44. The number of nitrogens with zero attached hydrogens (tertiary/aromatic N) is 4. The SMILES string of the molecule is Brc1cnc2ccc(N3CC4(COC4)C3)nn12. The van der Waals surface area contributed by atoms with E-state index >= 15 is 0 Å². The van der Waals surface area contributed by atoms with E-state index in [1.54, 1.807) is 6.20 Å². The first kappa shape index (κ1) is 9.85. The maximum absolute atomic E-state index is 5.27. The number of fused-ring (bicyclic) bond motifs is 1. The maximum Gasteiger partial charge on any atom is 0.154 e. The van der Waals surface area contributed by atoms with Gasteiger partial charge in [-0.05, 0) is 28.1 Å². The van der Waals surface area contributed by atoms with Crippen LogP contribution in [0.5, 0.6) is 0 Å². The van der Waals surface area contributed by atoms with Gasteiger partial charge in [0.25, 0.3) is 0 Å². The van der Waals surface area contributed by atoms with Gasteiger partial charge in [-0.1, -0.05) is 0 Å². The van der Waals surface area contributed by atoms with E-state index in [1.165, 1.54) is 0 Å². The predicted octanol–water partition coefficient (Wildman–Crippen LogP) is 1.33. The standard InChI is InChI=1S/C11H11BrN4O/c12-8-3-13-9-1-2-10(14-16(8)9)15-4-11(5-15)6-17-7-11/h1-3H,4-7H2. The van der Waals surface area contributed by atoms with Gasteiger partial charge in [0.15, 0.2) is 5.65 Å². The van der Waals surface area contributed by atoms with Crippen molar-refractivity contribution in [2.75, 3.05) is 31.2 Å². The first-order chi connectivity index (χ1) is 8.26. The topological polar surface area (TPSA) is 42.7 Å². The van der Waals surface area contributed by atoms with Crippen LogP contribution in [0.2, 0.25) is 0 Å². The summed E-state index contributed by atoms with van der Waals surface area (Å²) in [5.41, 5.74) is 1.28. The summed E-state index contributed by atoms with van der Waals surface area (Å²) in [7, 11) is 0. The fourth-order valence-corrected chi connectivity index (χ4v) is 2.87. The van der Waals surface area contributed by atoms with Gasteiger partial charge in [-0.15, -0.1) is 5.10 Å². The molecule has 0 aliphatic carbocycles. The van der Waals surface area contributed by atoms with Crippen LogP contribution in [-0.4, -0.2) is 40.9 Å². The second-order valence-electron chi connectivity index (χ2n) is 4.89. The number of hydrogen-bond donors (Lipinski definition) is 0. The number of halogens is 1. The number of imidazole rings is 1. The van der Waals surface area contributed by atoms with Crippen LogP contribution in [0.25, 0.3) is 5.65 Å². The van der Waals surface area contributed by atoms with Gasteiger partial charge in [-0.3, -0.25) is 0 Å². The summed E-state index contributed by atoms with van der Waals surface area (Å²) in [5, 5.41) is 4.57. The highest BCUT2D eigenvalue weighted by molar-refractivity contribution is 9.10. The molecule has 0 aromatic carbocycles. The number of hydrogen-bond acceptors (Lipinski definition) is 4. The van der Waals surface area contributed by atoms with E-state index in [4.69, 9.17) is 4.74 Å². The molecule has 0 amide bonds. The fraction of sp³-hybridized carbons (Fsp3) is 0.455. The highest BCUT2D eigenvalue weighted by Gasteiger charge is 2.49. The van der Waals surface area contributed by atoms with E-state index in [2.05, 4.69) is 30.9 Å². The molecule has 4 heterocycles. The molecule has 5 nitrogen and oxygen atoms in total. The Hall–Kier alpha value is -1.14. The molecule has 0 unspecified atom stereocenters. The average Bonchev–Trinajstić information content (AvgIpc) is 2.57. The Morgan fingerprint density at radius 1 is 1.29 bits per heavy atom. The maximum atomic E-state index is 5.27. The molecule has 2 aromatic rings. The summed E-state index contributed by atoms with van der Waals surface area (Å²) in [6.07, 6.45) is 1.77. The molecule has 88 valence electrons. The monoisotopic (exact) mass is 294 g/mol. The molecule has 0 saturated carbocycles. The molecular formula is C11H11BrN4O. The van der Waals surface area contributed by atoms with Gasteiger partial charge >= 0.3 is 0 Å². The van der Waals surface area contributed by atoms with Gasteiger partial charge in [-0.25, -0.2) is 9.50 Å². The van der Waals surface area contributed by atoms with Crippen molar-refractivity contribution < 1.29 is 4.74 Å². The van der Waals surface area contributed by atoms with Gasteiger partial charge in [0.05, 0.1) is 24.8 Å². The van der Waals surface area contributed by atoms with Gasteiger partial charge in [0, 0.05) is 13.1 Å². The van der Waals surface area contributed by atoms with Crippen molar-refractivity contribution in [2.45, 2.75) is 0 Å². The molecule has 2 aliphatic heterocycles. The molecular weight excluding hydrogens is 284 g/mol. The molecule has 2 aliphatic rings. The van der Waals surface area contributed by atoms with Crippen molar-refractivity contribution in [1.29, 1.82) is 0 Å². The van der Waals surface area contributed by atoms with Gasteiger partial charge in [0.1, 0.15) is 10.4 Å². The lowest BCUT2D eigenvalue weighted by Gasteiger charge is -2.55. The lowest BCUT2D eigenvalue weighted by Crippen LogP contribution is -2.66. The lowest BCUT2D eigenvalue weighted by molar-refractivity contribution is -0.127. The molecule has 0 bridgehead atoms. The van der Waals surface area contributed by atoms with Crippen molar-refractivity contribution in [1.82, 2.24) is 14.6 Å². The minimum atomic E-state index is 0.419. The van der Waals surface area contributed by atoms with Crippen LogP contribution in [0.4, 0.5) is 5.82 Å². The highest BCUT2D eigenvalue weighted by atomic mass is 79.9. The zero-order valence-corrected chi connectivity index (χ0v) is 10.7. The smallest absolute Gasteiger partial charge is 0.154 e. The van der Waals surface area contributed by atoms with E-state index in [0.717, 1.165) is 42.4 Å². The molecule has 0 N–H and O–H groups in total. The van der Waals surface area contributed by atoms with E-state index in [0.29, 0.717) is 5.41 Å². The van der Waals surface area contributed by atoms with Gasteiger partial charge in [-0.2, -0.15) is 0 Å². The zero-order chi connectivity index (χ0) is 11.5. The number of aromatic nitrogens is 3. The van der Waals surface area contributed by atoms with Crippen molar-refractivity contribution in [3.8, 4) is 0 Å². The Kier molecular flexibility index (Phi) is 1.85. The van der Waals surface area contributed by atoms with E-state index in [1.807, 2.05) is 16.6 Å². The van der Waals surface area contributed by atoms with Crippen LogP contribution in [0.3, 0.4) is 0 Å². The van der Waals surface area contributed by atoms with Crippen molar-refractivity contribution in [3.63, 3.8) is 0 Å². The largest absolute Gasteiger partial charge is 0.380 e. The van der Waals surface area contributed by atoms with Crippen LogP contribution < -0.4 is 4.90 Å². The van der Waals surface area contributed by atoms with Crippen molar-refractivity contribution >= 4 is 27.4 Å². The Morgan fingerprint density at radius 2 is 2.12 bits per heavy atom. The Morgan fingerprint density at radius 3 is 2.82 bits per heavy atom. The molecule has 0 atom stereocenters. The zero-order valence-electron chi connectivity index (χ0n) is 9.14. The molecule has 6 heteroatoms. The number of ether oxygens (including phenoxy) is 1.